The van der Waals surface area contributed by atoms with Gasteiger partial charge >= 0.3 is 0 Å². The van der Waals surface area contributed by atoms with Gasteiger partial charge in [0.1, 0.15) is 6.54 Å². The van der Waals surface area contributed by atoms with E-state index in [4.69, 9.17) is 14.7 Å². The largest absolute Gasteiger partial charge is 0.336 e. The molecular formula is C13H12N2O3. The lowest BCUT2D eigenvalue weighted by Gasteiger charge is -2.20. The molecule has 18 heavy (non-hydrogen) atoms. The van der Waals surface area contributed by atoms with Gasteiger partial charge in [-0.05, 0) is 12.5 Å². The molecule has 92 valence electrons. The van der Waals surface area contributed by atoms with Crippen molar-refractivity contribution in [1.29, 1.82) is 5.26 Å². The molecule has 3 rings (SSSR count). The molecule has 1 amide bonds. The summed E-state index contributed by atoms with van der Waals surface area (Å²) in [4.78, 5) is 13.9. The van der Waals surface area contributed by atoms with E-state index in [9.17, 15) is 4.79 Å². The van der Waals surface area contributed by atoms with Gasteiger partial charge in [-0.2, -0.15) is 5.26 Å². The van der Waals surface area contributed by atoms with Gasteiger partial charge in [0, 0.05) is 5.56 Å². The zero-order chi connectivity index (χ0) is 12.8. The number of para-hydroxylation sites is 1. The van der Waals surface area contributed by atoms with Gasteiger partial charge in [-0.1, -0.05) is 18.2 Å². The van der Waals surface area contributed by atoms with E-state index in [-0.39, 0.29) is 12.5 Å². The van der Waals surface area contributed by atoms with Crippen molar-refractivity contribution in [3.63, 3.8) is 0 Å². The minimum atomic E-state index is -1.32. The second kappa shape index (κ2) is 3.80. The Hall–Kier alpha value is -1.90. The smallest absolute Gasteiger partial charge is 0.293 e. The topological polar surface area (TPSA) is 62.6 Å². The Morgan fingerprint density at radius 1 is 1.44 bits per heavy atom. The van der Waals surface area contributed by atoms with E-state index < -0.39 is 5.79 Å². The lowest BCUT2D eigenvalue weighted by atomic mass is 10.0. The predicted octanol–water partition coefficient (Wildman–Crippen LogP) is 1.06. The van der Waals surface area contributed by atoms with Gasteiger partial charge in [0.25, 0.3) is 11.7 Å². The first-order valence-corrected chi connectivity index (χ1v) is 5.77. The molecule has 1 aromatic carbocycles. The minimum Gasteiger partial charge on any atom is -0.336 e. The Morgan fingerprint density at radius 2 is 2.17 bits per heavy atom. The van der Waals surface area contributed by atoms with Crippen LogP contribution in [0.25, 0.3) is 0 Å². The fraction of sp³-hybridized carbons (Fsp3) is 0.385. The second-order valence-electron chi connectivity index (χ2n) is 4.33. The lowest BCUT2D eigenvalue weighted by molar-refractivity contribution is -0.180. The van der Waals surface area contributed by atoms with Crippen LogP contribution < -0.4 is 4.90 Å². The summed E-state index contributed by atoms with van der Waals surface area (Å²) >= 11 is 0. The minimum absolute atomic E-state index is 0.00512. The summed E-state index contributed by atoms with van der Waals surface area (Å²) in [5, 5.41) is 8.87. The molecule has 5 heteroatoms. The third-order valence-corrected chi connectivity index (χ3v) is 3.31. The molecule has 2 aliphatic rings. The number of carbonyl (C=O) groups excluding carboxylic acids is 1. The van der Waals surface area contributed by atoms with Crippen LogP contribution in [0.3, 0.4) is 0 Å². The first kappa shape index (κ1) is 11.2. The molecule has 5 nitrogen and oxygen atoms in total. The molecule has 1 saturated heterocycles. The summed E-state index contributed by atoms with van der Waals surface area (Å²) in [6.07, 6.45) is 0. The zero-order valence-corrected chi connectivity index (χ0v) is 9.97. The van der Waals surface area contributed by atoms with Gasteiger partial charge in [0.15, 0.2) is 0 Å². The summed E-state index contributed by atoms with van der Waals surface area (Å²) in [5.41, 5.74) is 2.39. The van der Waals surface area contributed by atoms with Gasteiger partial charge in [0.2, 0.25) is 0 Å². The molecule has 2 heterocycles. The second-order valence-corrected chi connectivity index (χ2v) is 4.33. The van der Waals surface area contributed by atoms with E-state index in [0.717, 1.165) is 11.3 Å². The van der Waals surface area contributed by atoms with Crippen LogP contribution in [0.1, 0.15) is 11.1 Å². The molecule has 1 fully saturated rings. The van der Waals surface area contributed by atoms with Crippen molar-refractivity contribution in [3.8, 4) is 6.07 Å². The summed E-state index contributed by atoms with van der Waals surface area (Å²) in [7, 11) is 0. The molecule has 0 aliphatic carbocycles. The summed E-state index contributed by atoms with van der Waals surface area (Å²) in [6, 6.07) is 7.60. The fourth-order valence-electron chi connectivity index (χ4n) is 2.59. The molecule has 0 aromatic heterocycles. The first-order chi connectivity index (χ1) is 8.70. The summed E-state index contributed by atoms with van der Waals surface area (Å²) < 4.78 is 11.1. The molecule has 0 bridgehead atoms. The van der Waals surface area contributed by atoms with Gasteiger partial charge in [-0.3, -0.25) is 9.69 Å². The highest BCUT2D eigenvalue weighted by Gasteiger charge is 2.56. The number of fused-ring (bicyclic) bond motifs is 2. The van der Waals surface area contributed by atoms with Crippen LogP contribution in [0.2, 0.25) is 0 Å². The highest BCUT2D eigenvalue weighted by Crippen LogP contribution is 2.46. The average Bonchev–Trinajstić information content (AvgIpc) is 2.93. The van der Waals surface area contributed by atoms with Crippen molar-refractivity contribution in [2.45, 2.75) is 12.7 Å². The summed E-state index contributed by atoms with van der Waals surface area (Å²) in [5.74, 6) is -1.62. The van der Waals surface area contributed by atoms with Gasteiger partial charge in [-0.15, -0.1) is 0 Å². The average molecular weight is 244 g/mol. The molecule has 0 saturated carbocycles. The monoisotopic (exact) mass is 244 g/mol. The maximum Gasteiger partial charge on any atom is 0.293 e. The molecule has 2 aliphatic heterocycles. The third kappa shape index (κ3) is 1.24. The zero-order valence-electron chi connectivity index (χ0n) is 9.97. The van der Waals surface area contributed by atoms with E-state index >= 15 is 0 Å². The Morgan fingerprint density at radius 3 is 2.83 bits per heavy atom. The van der Waals surface area contributed by atoms with Gasteiger partial charge in [-0.25, -0.2) is 0 Å². The van der Waals surface area contributed by atoms with Crippen molar-refractivity contribution in [2.75, 3.05) is 24.7 Å². The van der Waals surface area contributed by atoms with Crippen LogP contribution in [0.5, 0.6) is 0 Å². The number of hydrogen-bond donors (Lipinski definition) is 0. The molecule has 0 N–H and O–H groups in total. The van der Waals surface area contributed by atoms with Gasteiger partial charge in [0.05, 0.1) is 25.0 Å². The van der Waals surface area contributed by atoms with E-state index in [0.29, 0.717) is 18.8 Å². The predicted molar refractivity (Wildman–Crippen MR) is 62.7 cm³/mol. The van der Waals surface area contributed by atoms with Crippen molar-refractivity contribution < 1.29 is 14.3 Å². The number of anilines is 1. The number of aryl methyl sites for hydroxylation is 1. The number of amides is 1. The SMILES string of the molecule is Cc1cccc2c1N(CC#N)C(=O)C21OCCO1. The summed E-state index contributed by atoms with van der Waals surface area (Å²) in [6.45, 7) is 2.69. The van der Waals surface area contributed by atoms with Crippen LogP contribution in [0, 0.1) is 18.3 Å². The van der Waals surface area contributed by atoms with Crippen molar-refractivity contribution >= 4 is 11.6 Å². The maximum absolute atomic E-state index is 12.5. The van der Waals surface area contributed by atoms with Crippen molar-refractivity contribution in [2.24, 2.45) is 0 Å². The first-order valence-electron chi connectivity index (χ1n) is 5.77. The van der Waals surface area contributed by atoms with E-state index in [1.165, 1.54) is 4.90 Å². The number of nitrogens with zero attached hydrogens (tertiary/aromatic N) is 2. The maximum atomic E-state index is 12.5. The molecule has 0 unspecified atom stereocenters. The van der Waals surface area contributed by atoms with E-state index in [2.05, 4.69) is 0 Å². The molecular weight excluding hydrogens is 232 g/mol. The normalized spacial score (nSPS) is 20.2. The number of carbonyl (C=O) groups is 1. The van der Waals surface area contributed by atoms with Gasteiger partial charge < -0.3 is 9.47 Å². The molecule has 1 spiro atoms. The number of ether oxygens (including phenoxy) is 2. The number of nitriles is 1. The third-order valence-electron chi connectivity index (χ3n) is 3.31. The Labute approximate surface area is 105 Å². The van der Waals surface area contributed by atoms with Crippen LogP contribution in [0.4, 0.5) is 5.69 Å². The molecule has 0 radical (unpaired) electrons. The highest BCUT2D eigenvalue weighted by atomic mass is 16.7. The molecule has 1 aromatic rings. The van der Waals surface area contributed by atoms with Crippen LogP contribution in [-0.4, -0.2) is 25.7 Å². The number of benzene rings is 1. The van der Waals surface area contributed by atoms with Crippen LogP contribution in [0.15, 0.2) is 18.2 Å². The number of rotatable bonds is 1. The van der Waals surface area contributed by atoms with E-state index in [1.807, 2.05) is 31.2 Å². The van der Waals surface area contributed by atoms with Crippen molar-refractivity contribution in [1.82, 2.24) is 0 Å². The standard InChI is InChI=1S/C13H12N2O3/c1-9-3-2-4-10-11(9)15(6-5-14)12(16)13(10)17-7-8-18-13/h2-4H,6-8H2,1H3. The quantitative estimate of drug-likeness (QED) is 0.693. The Balaban J connectivity index is 2.21. The van der Waals surface area contributed by atoms with E-state index in [1.54, 1.807) is 0 Å². The highest BCUT2D eigenvalue weighted by molar-refractivity contribution is 6.07. The molecule has 0 atom stereocenters. The Kier molecular flexibility index (Phi) is 2.37. The fourth-order valence-corrected chi connectivity index (χ4v) is 2.59. The lowest BCUT2D eigenvalue weighted by Crippen LogP contribution is -2.41. The Bertz CT molecular complexity index is 556. The van der Waals surface area contributed by atoms with Crippen LogP contribution >= 0.6 is 0 Å². The van der Waals surface area contributed by atoms with Crippen molar-refractivity contribution in [3.05, 3.63) is 29.3 Å². The number of hydrogen-bond acceptors (Lipinski definition) is 4. The van der Waals surface area contributed by atoms with Crippen LogP contribution in [-0.2, 0) is 20.1 Å².